The van der Waals surface area contributed by atoms with Gasteiger partial charge in [0.2, 0.25) is 0 Å². The molecule has 3 aromatic rings. The lowest BCUT2D eigenvalue weighted by Gasteiger charge is -2.21. The largest absolute Gasteiger partial charge is 0.459 e. The Kier molecular flexibility index (Phi) is 6.51. The maximum atomic E-state index is 12.6. The smallest absolute Gasteiger partial charge is 0.326 e. The number of carbonyl (C=O) groups excluding carboxylic acids is 3. The van der Waals surface area contributed by atoms with Crippen LogP contribution in [0.25, 0.3) is 11.2 Å². The molecule has 4 rings (SSSR count). The van der Waals surface area contributed by atoms with Gasteiger partial charge in [-0.15, -0.1) is 0 Å². The average molecular weight is 480 g/mol. The highest BCUT2D eigenvalue weighted by molar-refractivity contribution is 6.33. The van der Waals surface area contributed by atoms with Crippen LogP contribution in [0.1, 0.15) is 31.4 Å². The number of esters is 3. The van der Waals surface area contributed by atoms with Crippen molar-refractivity contribution in [3.05, 3.63) is 35.3 Å². The summed E-state index contributed by atoms with van der Waals surface area (Å²) < 4.78 is 28.1. The lowest BCUT2D eigenvalue weighted by atomic mass is 10.1. The minimum absolute atomic E-state index is 0.0486. The second kappa shape index (κ2) is 9.50. The Hall–Kier alpha value is -3.58. The first-order valence-corrected chi connectivity index (χ1v) is 10.1. The van der Waals surface area contributed by atoms with E-state index in [0.717, 1.165) is 0 Å². The quantitative estimate of drug-likeness (QED) is 0.270. The summed E-state index contributed by atoms with van der Waals surface area (Å²) in [5.74, 6) is -1.47. The van der Waals surface area contributed by atoms with Crippen molar-refractivity contribution in [1.29, 1.82) is 0 Å². The van der Waals surface area contributed by atoms with Crippen molar-refractivity contribution in [2.45, 2.75) is 45.3 Å². The van der Waals surface area contributed by atoms with Crippen molar-refractivity contribution in [3.8, 4) is 0 Å². The molecule has 14 heteroatoms. The highest BCUT2D eigenvalue weighted by Gasteiger charge is 2.45. The van der Waals surface area contributed by atoms with E-state index in [0.29, 0.717) is 16.9 Å². The van der Waals surface area contributed by atoms with Crippen LogP contribution in [-0.4, -0.2) is 61.4 Å². The van der Waals surface area contributed by atoms with Gasteiger partial charge in [0.1, 0.15) is 30.7 Å². The molecule has 0 radical (unpaired) electrons. The molecule has 0 saturated carbocycles. The first-order chi connectivity index (χ1) is 15.8. The van der Waals surface area contributed by atoms with E-state index >= 15 is 0 Å². The third-order valence-electron chi connectivity index (χ3n) is 4.63. The third-order valence-corrected chi connectivity index (χ3v) is 4.90. The van der Waals surface area contributed by atoms with E-state index in [1.165, 1.54) is 37.1 Å². The first kappa shape index (κ1) is 22.6. The molecule has 0 N–H and O–H groups in total. The molecular formula is C19H18ClN5O8. The molecule has 1 aliphatic rings. The number of carbonyl (C=O) groups is 3. The zero-order valence-corrected chi connectivity index (χ0v) is 18.2. The van der Waals surface area contributed by atoms with Crippen molar-refractivity contribution in [2.24, 2.45) is 0 Å². The highest BCUT2D eigenvalue weighted by atomic mass is 35.5. The van der Waals surface area contributed by atoms with Gasteiger partial charge < -0.3 is 28.0 Å². The Bertz CT molecular complexity index is 1190. The van der Waals surface area contributed by atoms with Crippen molar-refractivity contribution in [2.75, 3.05) is 6.61 Å². The van der Waals surface area contributed by atoms with Gasteiger partial charge in [-0.3, -0.25) is 14.4 Å². The molecule has 3 aromatic heterocycles. The van der Waals surface area contributed by atoms with Gasteiger partial charge in [0.05, 0.1) is 12.9 Å². The summed E-state index contributed by atoms with van der Waals surface area (Å²) in [6.45, 7) is 2.14. The zero-order chi connectivity index (χ0) is 23.5. The van der Waals surface area contributed by atoms with Crippen LogP contribution in [0, 0.1) is 0 Å². The fourth-order valence-corrected chi connectivity index (χ4v) is 3.45. The number of hydrogen-bond donors (Lipinski definition) is 0. The minimum Gasteiger partial charge on any atom is -0.459 e. The molecule has 0 amide bonds. The normalized spacial score (nSPS) is 20.0. The maximum absolute atomic E-state index is 12.6. The van der Waals surface area contributed by atoms with Crippen molar-refractivity contribution in [1.82, 2.24) is 24.7 Å². The van der Waals surface area contributed by atoms with E-state index in [4.69, 9.17) is 35.1 Å². The molecule has 1 fully saturated rings. The lowest BCUT2D eigenvalue weighted by Crippen LogP contribution is -2.35. The van der Waals surface area contributed by atoms with E-state index < -0.39 is 36.2 Å². The van der Waals surface area contributed by atoms with Gasteiger partial charge in [0.25, 0.3) is 0 Å². The number of ether oxygens (including phenoxy) is 4. The highest BCUT2D eigenvalue weighted by Crippen LogP contribution is 2.34. The van der Waals surface area contributed by atoms with Crippen LogP contribution in [0.3, 0.4) is 0 Å². The topological polar surface area (TPSA) is 158 Å². The number of nitrogens with zero attached hydrogens (tertiary/aromatic N) is 5. The molecule has 0 unspecified atom stereocenters. The number of halogens is 1. The average Bonchev–Trinajstić information content (AvgIpc) is 3.47. The second-order valence-electron chi connectivity index (χ2n) is 7.07. The summed E-state index contributed by atoms with van der Waals surface area (Å²) in [5, 5.41) is 3.97. The molecular weight excluding hydrogens is 462 g/mol. The number of imidazole rings is 1. The molecule has 0 bridgehead atoms. The van der Waals surface area contributed by atoms with Crippen LogP contribution >= 0.6 is 11.6 Å². The van der Waals surface area contributed by atoms with E-state index in [1.54, 1.807) is 0 Å². The summed E-state index contributed by atoms with van der Waals surface area (Å²) in [6, 6.07) is 1.51. The van der Waals surface area contributed by atoms with E-state index in [-0.39, 0.29) is 30.7 Å². The number of aromatic nitrogens is 5. The van der Waals surface area contributed by atoms with Gasteiger partial charge in [-0.25, -0.2) is 15.0 Å². The Morgan fingerprint density at radius 2 is 2.00 bits per heavy atom. The van der Waals surface area contributed by atoms with Gasteiger partial charge in [0, 0.05) is 19.9 Å². The van der Waals surface area contributed by atoms with Crippen LogP contribution in [0.15, 0.2) is 23.2 Å². The molecule has 33 heavy (non-hydrogen) atoms. The predicted octanol–water partition coefficient (Wildman–Crippen LogP) is 1.15. The number of hydrogen-bond acceptors (Lipinski definition) is 12. The van der Waals surface area contributed by atoms with Crippen LogP contribution in [0.2, 0.25) is 5.15 Å². The van der Waals surface area contributed by atoms with Crippen molar-refractivity contribution in [3.63, 3.8) is 0 Å². The number of rotatable bonds is 7. The molecule has 13 nitrogen and oxygen atoms in total. The first-order valence-electron chi connectivity index (χ1n) is 9.70. The van der Waals surface area contributed by atoms with E-state index in [2.05, 4.69) is 20.1 Å². The zero-order valence-electron chi connectivity index (χ0n) is 17.5. The molecule has 174 valence electrons. The lowest BCUT2D eigenvalue weighted by molar-refractivity contribution is -0.165. The molecule has 4 heterocycles. The van der Waals surface area contributed by atoms with Gasteiger partial charge >= 0.3 is 17.9 Å². The molecule has 0 aromatic carbocycles. The van der Waals surface area contributed by atoms with Gasteiger partial charge in [-0.1, -0.05) is 16.8 Å². The van der Waals surface area contributed by atoms with Gasteiger partial charge in [-0.2, -0.15) is 0 Å². The van der Waals surface area contributed by atoms with E-state index in [1.807, 2.05) is 0 Å². The molecule has 3 atom stereocenters. The summed E-state index contributed by atoms with van der Waals surface area (Å²) in [5.41, 5.74) is 1.06. The molecule has 0 spiro atoms. The van der Waals surface area contributed by atoms with Crippen molar-refractivity contribution < 1.29 is 37.9 Å². The fraction of sp³-hybridized carbons (Fsp3) is 0.421. The Morgan fingerprint density at radius 1 is 1.18 bits per heavy atom. The molecule has 1 saturated heterocycles. The Labute approximate surface area is 190 Å². The minimum atomic E-state index is -0.975. The monoisotopic (exact) mass is 479 g/mol. The summed E-state index contributed by atoms with van der Waals surface area (Å²) in [6.07, 6.45) is -0.0964. The number of fused-ring (bicyclic) bond motifs is 1. The van der Waals surface area contributed by atoms with E-state index in [9.17, 15) is 14.4 Å². The third kappa shape index (κ3) is 5.09. The SMILES string of the molecule is CC(=O)OCc1cc([C@H]2OC[C@@H](OC(=O)Cn3cnc4c(Cl)ncnc43)[C@H]2OC(C)=O)on1. The molecule has 0 aliphatic carbocycles. The summed E-state index contributed by atoms with van der Waals surface area (Å²) in [4.78, 5) is 47.2. The summed E-state index contributed by atoms with van der Waals surface area (Å²) >= 11 is 5.98. The molecule has 1 aliphatic heterocycles. The van der Waals surface area contributed by atoms with Crippen LogP contribution in [0.4, 0.5) is 0 Å². The van der Waals surface area contributed by atoms with Crippen LogP contribution in [-0.2, 0) is 46.5 Å². The van der Waals surface area contributed by atoms with Gasteiger partial charge in [-0.05, 0) is 0 Å². The standard InChI is InChI=1S/C19H18ClN5O8/c1-9(26)29-5-11-3-12(33-24-11)16-17(31-10(2)27)13(6-30-16)32-14(28)4-25-8-23-15-18(20)21-7-22-19(15)25/h3,7-8,13,16-17H,4-6H2,1-2H3/t13-,16-,17-/m1/s1. The predicted molar refractivity (Wildman–Crippen MR) is 106 cm³/mol. The van der Waals surface area contributed by atoms with Gasteiger partial charge in [0.15, 0.2) is 34.9 Å². The van der Waals surface area contributed by atoms with Crippen molar-refractivity contribution >= 4 is 40.7 Å². The maximum Gasteiger partial charge on any atom is 0.326 e. The fourth-order valence-electron chi connectivity index (χ4n) is 3.28. The van der Waals surface area contributed by atoms with Crippen LogP contribution < -0.4 is 0 Å². The summed E-state index contributed by atoms with van der Waals surface area (Å²) in [7, 11) is 0. The van der Waals surface area contributed by atoms with Crippen LogP contribution in [0.5, 0.6) is 0 Å². The Morgan fingerprint density at radius 3 is 2.76 bits per heavy atom. The Balaban J connectivity index is 1.45. The second-order valence-corrected chi connectivity index (χ2v) is 7.42.